The Balaban J connectivity index is 1.74. The number of aromatic nitrogens is 2. The molecule has 21 heavy (non-hydrogen) atoms. The second-order valence-electron chi connectivity index (χ2n) is 5.74. The molecule has 1 unspecified atom stereocenters. The third kappa shape index (κ3) is 3.18. The van der Waals surface area contributed by atoms with Crippen LogP contribution in [-0.2, 0) is 16.6 Å². The fourth-order valence-electron chi connectivity index (χ4n) is 2.90. The summed E-state index contributed by atoms with van der Waals surface area (Å²) in [4.78, 5) is 0.811. The predicted octanol–water partition coefficient (Wildman–Crippen LogP) is 3.20. The number of aryl methyl sites for hydroxylation is 1. The maximum absolute atomic E-state index is 12.5. The van der Waals surface area contributed by atoms with E-state index in [0.717, 1.165) is 16.2 Å². The molecule has 0 bridgehead atoms. The molecule has 1 aliphatic rings. The maximum Gasteiger partial charge on any atom is 0.0753 e. The summed E-state index contributed by atoms with van der Waals surface area (Å²) in [5.74, 6) is 0.448. The summed E-state index contributed by atoms with van der Waals surface area (Å²) in [5.41, 5.74) is 8.35. The zero-order chi connectivity index (χ0) is 14.8. The van der Waals surface area contributed by atoms with Crippen molar-refractivity contribution in [2.75, 3.05) is 5.73 Å². The van der Waals surface area contributed by atoms with Gasteiger partial charge in [-0.25, -0.2) is 0 Å². The molecule has 4 nitrogen and oxygen atoms in total. The highest BCUT2D eigenvalue weighted by molar-refractivity contribution is 7.84. The second kappa shape index (κ2) is 6.02. The molecular weight excluding hydrogens is 282 g/mol. The number of anilines is 1. The zero-order valence-corrected chi connectivity index (χ0v) is 13.1. The van der Waals surface area contributed by atoms with Crippen LogP contribution in [0.5, 0.6) is 0 Å². The Morgan fingerprint density at radius 1 is 1.33 bits per heavy atom. The SMILES string of the molecule is Cc1ccc(N)cc1S(=O)Cc1ccn(C2CCCC2)n1. The maximum atomic E-state index is 12.5. The van der Waals surface area contributed by atoms with Crippen LogP contribution in [0.3, 0.4) is 0 Å². The summed E-state index contributed by atoms with van der Waals surface area (Å²) in [7, 11) is -1.10. The molecule has 1 heterocycles. The van der Waals surface area contributed by atoms with Gasteiger partial charge >= 0.3 is 0 Å². The number of nitrogens with two attached hydrogens (primary N) is 1. The van der Waals surface area contributed by atoms with Crippen molar-refractivity contribution in [2.24, 2.45) is 0 Å². The molecule has 0 radical (unpaired) electrons. The highest BCUT2D eigenvalue weighted by Crippen LogP contribution is 2.29. The summed E-state index contributed by atoms with van der Waals surface area (Å²) >= 11 is 0. The van der Waals surface area contributed by atoms with Crippen molar-refractivity contribution in [1.82, 2.24) is 9.78 Å². The van der Waals surface area contributed by atoms with E-state index in [4.69, 9.17) is 5.73 Å². The van der Waals surface area contributed by atoms with Crippen LogP contribution in [0.4, 0.5) is 5.69 Å². The van der Waals surface area contributed by atoms with Crippen molar-refractivity contribution in [3.8, 4) is 0 Å². The average molecular weight is 303 g/mol. The first kappa shape index (κ1) is 14.3. The minimum absolute atomic E-state index is 0.448. The normalized spacial score (nSPS) is 17.2. The molecule has 0 aliphatic heterocycles. The predicted molar refractivity (Wildman–Crippen MR) is 85.4 cm³/mol. The van der Waals surface area contributed by atoms with E-state index < -0.39 is 10.8 Å². The van der Waals surface area contributed by atoms with E-state index in [1.165, 1.54) is 25.7 Å². The standard InChI is InChI=1S/C16H21N3OS/c1-12-6-7-13(17)10-16(12)21(20)11-14-8-9-19(18-14)15-4-2-3-5-15/h6-10,15H,2-5,11,17H2,1H3. The lowest BCUT2D eigenvalue weighted by atomic mass is 10.2. The van der Waals surface area contributed by atoms with Gasteiger partial charge in [-0.05, 0) is 43.5 Å². The minimum Gasteiger partial charge on any atom is -0.399 e. The monoisotopic (exact) mass is 303 g/mol. The second-order valence-corrected chi connectivity index (χ2v) is 7.16. The number of nitrogen functional groups attached to an aromatic ring is 1. The molecule has 1 aromatic heterocycles. The Hall–Kier alpha value is -1.62. The molecule has 2 N–H and O–H groups in total. The number of hydrogen-bond acceptors (Lipinski definition) is 3. The van der Waals surface area contributed by atoms with Gasteiger partial charge in [0, 0.05) is 16.8 Å². The molecule has 0 saturated heterocycles. The first-order chi connectivity index (χ1) is 10.1. The lowest BCUT2D eigenvalue weighted by Gasteiger charge is -2.09. The molecule has 5 heteroatoms. The molecule has 3 rings (SSSR count). The highest BCUT2D eigenvalue weighted by Gasteiger charge is 2.18. The number of rotatable bonds is 4. The first-order valence-electron chi connectivity index (χ1n) is 7.42. The van der Waals surface area contributed by atoms with E-state index >= 15 is 0 Å². The van der Waals surface area contributed by atoms with Crippen LogP contribution in [0.1, 0.15) is 43.0 Å². The molecule has 1 fully saturated rings. The van der Waals surface area contributed by atoms with E-state index in [9.17, 15) is 4.21 Å². The van der Waals surface area contributed by atoms with Crippen molar-refractivity contribution in [1.29, 1.82) is 0 Å². The summed E-state index contributed by atoms with van der Waals surface area (Å²) < 4.78 is 14.6. The first-order valence-corrected chi connectivity index (χ1v) is 8.74. The van der Waals surface area contributed by atoms with E-state index in [2.05, 4.69) is 5.10 Å². The summed E-state index contributed by atoms with van der Waals surface area (Å²) in [5, 5.41) is 4.60. The molecule has 1 atom stereocenters. The third-order valence-electron chi connectivity index (χ3n) is 4.10. The van der Waals surface area contributed by atoms with Crippen molar-refractivity contribution in [3.05, 3.63) is 41.7 Å². The fraction of sp³-hybridized carbons (Fsp3) is 0.438. The lowest BCUT2D eigenvalue weighted by Crippen LogP contribution is -2.06. The largest absolute Gasteiger partial charge is 0.399 e. The van der Waals surface area contributed by atoms with Gasteiger partial charge < -0.3 is 5.73 Å². The van der Waals surface area contributed by atoms with Crippen LogP contribution in [0.25, 0.3) is 0 Å². The Morgan fingerprint density at radius 3 is 2.86 bits per heavy atom. The average Bonchev–Trinajstić information content (AvgIpc) is 3.11. The zero-order valence-electron chi connectivity index (χ0n) is 12.3. The van der Waals surface area contributed by atoms with Gasteiger partial charge in [-0.15, -0.1) is 0 Å². The van der Waals surface area contributed by atoms with Crippen molar-refractivity contribution >= 4 is 16.5 Å². The van der Waals surface area contributed by atoms with Gasteiger partial charge in [-0.2, -0.15) is 5.10 Å². The van der Waals surface area contributed by atoms with Crippen LogP contribution in [0, 0.1) is 6.92 Å². The van der Waals surface area contributed by atoms with Gasteiger partial charge in [0.1, 0.15) is 0 Å². The van der Waals surface area contributed by atoms with Gasteiger partial charge in [0.25, 0.3) is 0 Å². The molecule has 1 saturated carbocycles. The van der Waals surface area contributed by atoms with Crippen molar-refractivity contribution < 1.29 is 4.21 Å². The minimum atomic E-state index is -1.10. The Kier molecular flexibility index (Phi) is 4.10. The third-order valence-corrected chi connectivity index (χ3v) is 5.59. The van der Waals surface area contributed by atoms with Crippen molar-refractivity contribution in [3.63, 3.8) is 0 Å². The van der Waals surface area contributed by atoms with E-state index in [1.807, 2.05) is 36.0 Å². The fourth-order valence-corrected chi connectivity index (χ4v) is 4.17. The van der Waals surface area contributed by atoms with Gasteiger partial charge in [0.15, 0.2) is 0 Å². The van der Waals surface area contributed by atoms with Gasteiger partial charge in [-0.3, -0.25) is 8.89 Å². The number of nitrogens with zero attached hydrogens (tertiary/aromatic N) is 2. The molecular formula is C16H21N3OS. The summed E-state index contributed by atoms with van der Waals surface area (Å²) in [6.07, 6.45) is 7.01. The van der Waals surface area contributed by atoms with Gasteiger partial charge in [0.05, 0.1) is 28.3 Å². The van der Waals surface area contributed by atoms with Crippen LogP contribution < -0.4 is 5.73 Å². The Bertz CT molecular complexity index is 659. The van der Waals surface area contributed by atoms with Crippen molar-refractivity contribution in [2.45, 2.75) is 49.3 Å². The molecule has 1 aromatic carbocycles. The summed E-state index contributed by atoms with van der Waals surface area (Å²) in [6, 6.07) is 8.07. The van der Waals surface area contributed by atoms with E-state index in [1.54, 1.807) is 6.07 Å². The smallest absolute Gasteiger partial charge is 0.0753 e. The van der Waals surface area contributed by atoms with E-state index in [-0.39, 0.29) is 0 Å². The number of hydrogen-bond donors (Lipinski definition) is 1. The van der Waals surface area contributed by atoms with Gasteiger partial charge in [0.2, 0.25) is 0 Å². The van der Waals surface area contributed by atoms with Crippen LogP contribution >= 0.6 is 0 Å². The molecule has 2 aromatic rings. The topological polar surface area (TPSA) is 60.9 Å². The van der Waals surface area contributed by atoms with Crippen LogP contribution in [0.2, 0.25) is 0 Å². The van der Waals surface area contributed by atoms with E-state index in [0.29, 0.717) is 17.5 Å². The van der Waals surface area contributed by atoms with Crippen LogP contribution in [-0.4, -0.2) is 14.0 Å². The lowest BCUT2D eigenvalue weighted by molar-refractivity contribution is 0.464. The van der Waals surface area contributed by atoms with Crippen LogP contribution in [0.15, 0.2) is 35.4 Å². The summed E-state index contributed by atoms with van der Waals surface area (Å²) in [6.45, 7) is 1.96. The quantitative estimate of drug-likeness (QED) is 0.882. The number of benzene rings is 1. The molecule has 1 aliphatic carbocycles. The highest BCUT2D eigenvalue weighted by atomic mass is 32.2. The molecule has 0 amide bonds. The molecule has 0 spiro atoms. The Labute approximate surface area is 127 Å². The van der Waals surface area contributed by atoms with Gasteiger partial charge in [-0.1, -0.05) is 18.9 Å². The Morgan fingerprint density at radius 2 is 2.10 bits per heavy atom. The molecule has 112 valence electrons.